The van der Waals surface area contributed by atoms with Gasteiger partial charge in [0.15, 0.2) is 0 Å². The SMILES string of the molecule is CC(C)(C)NC(=O)[C@H]1C[C@@H]1Cc1ccccc1. The Kier molecular flexibility index (Phi) is 3.23. The molecule has 1 aliphatic carbocycles. The number of amides is 1. The van der Waals surface area contributed by atoms with Crippen molar-refractivity contribution in [2.24, 2.45) is 11.8 Å². The Hall–Kier alpha value is -1.31. The van der Waals surface area contributed by atoms with Gasteiger partial charge in [0.25, 0.3) is 0 Å². The van der Waals surface area contributed by atoms with Gasteiger partial charge in [-0.05, 0) is 45.1 Å². The fourth-order valence-electron chi connectivity index (χ4n) is 2.17. The van der Waals surface area contributed by atoms with E-state index in [2.05, 4.69) is 29.6 Å². The number of hydrogen-bond acceptors (Lipinski definition) is 1. The molecule has 2 atom stereocenters. The van der Waals surface area contributed by atoms with Gasteiger partial charge in [0.1, 0.15) is 0 Å². The summed E-state index contributed by atoms with van der Waals surface area (Å²) in [7, 11) is 0. The zero-order valence-corrected chi connectivity index (χ0v) is 10.9. The number of rotatable bonds is 3. The molecule has 0 radical (unpaired) electrons. The van der Waals surface area contributed by atoms with E-state index in [1.165, 1.54) is 5.56 Å². The van der Waals surface area contributed by atoms with Gasteiger partial charge in [0.2, 0.25) is 5.91 Å². The smallest absolute Gasteiger partial charge is 0.223 e. The third-order valence-electron chi connectivity index (χ3n) is 3.10. The molecule has 1 fully saturated rings. The zero-order valence-electron chi connectivity index (χ0n) is 10.9. The fraction of sp³-hybridized carbons (Fsp3) is 0.533. The summed E-state index contributed by atoms with van der Waals surface area (Å²) in [6, 6.07) is 10.4. The zero-order chi connectivity index (χ0) is 12.5. The first-order valence-electron chi connectivity index (χ1n) is 6.32. The topological polar surface area (TPSA) is 29.1 Å². The van der Waals surface area contributed by atoms with Crippen molar-refractivity contribution < 1.29 is 4.79 Å². The predicted molar refractivity (Wildman–Crippen MR) is 69.6 cm³/mol. The van der Waals surface area contributed by atoms with E-state index in [0.29, 0.717) is 5.92 Å². The lowest BCUT2D eigenvalue weighted by molar-refractivity contribution is -0.124. The summed E-state index contributed by atoms with van der Waals surface area (Å²) in [5, 5.41) is 3.06. The minimum Gasteiger partial charge on any atom is -0.351 e. The highest BCUT2D eigenvalue weighted by molar-refractivity contribution is 5.82. The van der Waals surface area contributed by atoms with Gasteiger partial charge in [-0.1, -0.05) is 30.3 Å². The van der Waals surface area contributed by atoms with Crippen LogP contribution in [0.3, 0.4) is 0 Å². The second-order valence-corrected chi connectivity index (χ2v) is 6.03. The summed E-state index contributed by atoms with van der Waals surface area (Å²) in [5.41, 5.74) is 1.22. The van der Waals surface area contributed by atoms with Gasteiger partial charge in [0, 0.05) is 11.5 Å². The van der Waals surface area contributed by atoms with Crippen molar-refractivity contribution in [2.45, 2.75) is 39.2 Å². The number of hydrogen-bond donors (Lipinski definition) is 1. The maximum absolute atomic E-state index is 11.9. The van der Waals surface area contributed by atoms with Crippen LogP contribution in [0.2, 0.25) is 0 Å². The molecular formula is C15H21NO. The summed E-state index contributed by atoms with van der Waals surface area (Å²) >= 11 is 0. The Bertz CT molecular complexity index is 391. The van der Waals surface area contributed by atoms with Crippen LogP contribution in [0.5, 0.6) is 0 Å². The van der Waals surface area contributed by atoms with Crippen LogP contribution in [0.25, 0.3) is 0 Å². The van der Waals surface area contributed by atoms with Crippen molar-refractivity contribution in [1.29, 1.82) is 0 Å². The average molecular weight is 231 g/mol. The molecule has 2 nitrogen and oxygen atoms in total. The number of nitrogens with one attached hydrogen (secondary N) is 1. The van der Waals surface area contributed by atoms with Crippen molar-refractivity contribution in [1.82, 2.24) is 5.32 Å². The highest BCUT2D eigenvalue weighted by Gasteiger charge is 2.43. The first-order valence-corrected chi connectivity index (χ1v) is 6.32. The number of carbonyl (C=O) groups is 1. The predicted octanol–water partition coefficient (Wildman–Crippen LogP) is 2.78. The molecule has 1 aliphatic rings. The Morgan fingerprint density at radius 1 is 1.29 bits per heavy atom. The first-order chi connectivity index (χ1) is 7.96. The van der Waals surface area contributed by atoms with E-state index in [-0.39, 0.29) is 17.4 Å². The highest BCUT2D eigenvalue weighted by Crippen LogP contribution is 2.41. The lowest BCUT2D eigenvalue weighted by atomic mass is 10.1. The van der Waals surface area contributed by atoms with Gasteiger partial charge < -0.3 is 5.32 Å². The van der Waals surface area contributed by atoms with E-state index in [1.807, 2.05) is 26.8 Å². The van der Waals surface area contributed by atoms with Gasteiger partial charge in [0.05, 0.1) is 0 Å². The van der Waals surface area contributed by atoms with Crippen molar-refractivity contribution in [3.63, 3.8) is 0 Å². The van der Waals surface area contributed by atoms with E-state index in [4.69, 9.17) is 0 Å². The highest BCUT2D eigenvalue weighted by atomic mass is 16.2. The quantitative estimate of drug-likeness (QED) is 0.851. The van der Waals surface area contributed by atoms with Gasteiger partial charge in [-0.15, -0.1) is 0 Å². The molecule has 17 heavy (non-hydrogen) atoms. The van der Waals surface area contributed by atoms with Crippen LogP contribution in [-0.4, -0.2) is 11.4 Å². The molecule has 0 spiro atoms. The Balaban J connectivity index is 1.83. The minimum absolute atomic E-state index is 0.114. The first kappa shape index (κ1) is 12.2. The number of carbonyl (C=O) groups excluding carboxylic acids is 1. The summed E-state index contributed by atoms with van der Waals surface area (Å²) in [6.07, 6.45) is 2.07. The molecule has 0 heterocycles. The van der Waals surface area contributed by atoms with Crippen LogP contribution in [0.15, 0.2) is 30.3 Å². The molecule has 1 saturated carbocycles. The second-order valence-electron chi connectivity index (χ2n) is 6.03. The number of benzene rings is 1. The van der Waals surface area contributed by atoms with Crippen LogP contribution in [0, 0.1) is 11.8 Å². The molecule has 2 heteroatoms. The van der Waals surface area contributed by atoms with E-state index in [0.717, 1.165) is 12.8 Å². The lowest BCUT2D eigenvalue weighted by Gasteiger charge is -2.20. The van der Waals surface area contributed by atoms with E-state index >= 15 is 0 Å². The molecule has 1 aromatic rings. The molecule has 1 amide bonds. The lowest BCUT2D eigenvalue weighted by Crippen LogP contribution is -2.41. The van der Waals surface area contributed by atoms with E-state index in [9.17, 15) is 4.79 Å². The second kappa shape index (κ2) is 4.52. The monoisotopic (exact) mass is 231 g/mol. The third-order valence-corrected chi connectivity index (χ3v) is 3.10. The van der Waals surface area contributed by atoms with Gasteiger partial charge in [-0.25, -0.2) is 0 Å². The van der Waals surface area contributed by atoms with Crippen molar-refractivity contribution >= 4 is 5.91 Å². The summed E-state index contributed by atoms with van der Waals surface area (Å²) in [6.45, 7) is 6.08. The maximum Gasteiger partial charge on any atom is 0.223 e. The fourth-order valence-corrected chi connectivity index (χ4v) is 2.17. The van der Waals surface area contributed by atoms with Crippen molar-refractivity contribution in [3.8, 4) is 0 Å². The van der Waals surface area contributed by atoms with Crippen LogP contribution < -0.4 is 5.32 Å². The normalized spacial score (nSPS) is 23.2. The van der Waals surface area contributed by atoms with Gasteiger partial charge in [-0.3, -0.25) is 4.79 Å². The molecule has 0 saturated heterocycles. The molecule has 0 unspecified atom stereocenters. The van der Waals surface area contributed by atoms with Gasteiger partial charge >= 0.3 is 0 Å². The van der Waals surface area contributed by atoms with E-state index in [1.54, 1.807) is 0 Å². The molecule has 0 bridgehead atoms. The van der Waals surface area contributed by atoms with Crippen molar-refractivity contribution in [3.05, 3.63) is 35.9 Å². The molecular weight excluding hydrogens is 210 g/mol. The Morgan fingerprint density at radius 3 is 2.53 bits per heavy atom. The molecule has 1 N–H and O–H groups in total. The molecule has 1 aromatic carbocycles. The summed E-state index contributed by atoms with van der Waals surface area (Å²) in [4.78, 5) is 11.9. The molecule has 0 aromatic heterocycles. The minimum atomic E-state index is -0.114. The van der Waals surface area contributed by atoms with Crippen molar-refractivity contribution in [2.75, 3.05) is 0 Å². The van der Waals surface area contributed by atoms with Crippen LogP contribution >= 0.6 is 0 Å². The third kappa shape index (κ3) is 3.58. The maximum atomic E-state index is 11.9. The Labute approximate surface area is 103 Å². The van der Waals surface area contributed by atoms with E-state index < -0.39 is 0 Å². The molecule has 2 rings (SSSR count). The van der Waals surface area contributed by atoms with Gasteiger partial charge in [-0.2, -0.15) is 0 Å². The standard InChI is InChI=1S/C15H21NO/c1-15(2,3)16-14(17)13-10-12(13)9-11-7-5-4-6-8-11/h4-8,12-13H,9-10H2,1-3H3,(H,16,17)/t12-,13-/m0/s1. The summed E-state index contributed by atoms with van der Waals surface area (Å²) < 4.78 is 0. The largest absolute Gasteiger partial charge is 0.351 e. The molecule has 0 aliphatic heterocycles. The van der Waals surface area contributed by atoms with Crippen LogP contribution in [0.1, 0.15) is 32.8 Å². The summed E-state index contributed by atoms with van der Waals surface area (Å²) in [5.74, 6) is 0.993. The average Bonchev–Trinajstić information content (AvgIpc) is 2.96. The van der Waals surface area contributed by atoms with Crippen LogP contribution in [0.4, 0.5) is 0 Å². The molecule has 92 valence electrons. The Morgan fingerprint density at radius 2 is 1.94 bits per heavy atom. The van der Waals surface area contributed by atoms with Crippen LogP contribution in [-0.2, 0) is 11.2 Å².